The Morgan fingerprint density at radius 2 is 1.84 bits per heavy atom. The number of phenolic OH excluding ortho intramolecular Hbond substituents is 1. The molecule has 0 aliphatic rings. The first kappa shape index (κ1) is 16.7. The number of aromatic nitrogens is 4. The Morgan fingerprint density at radius 1 is 1.12 bits per heavy atom. The molecule has 0 aliphatic carbocycles. The third kappa shape index (κ3) is 3.52. The maximum atomic E-state index is 12.5. The van der Waals surface area contributed by atoms with Crippen LogP contribution in [-0.4, -0.2) is 32.2 Å². The fourth-order valence-electron chi connectivity index (χ4n) is 2.20. The first-order chi connectivity index (χ1) is 11.9. The molecule has 25 heavy (non-hydrogen) atoms. The molecule has 0 bridgehead atoms. The maximum Gasteiger partial charge on any atom is 0.451 e. The molecule has 0 atom stereocenters. The zero-order chi connectivity index (χ0) is 18.0. The van der Waals surface area contributed by atoms with E-state index in [-0.39, 0.29) is 12.3 Å². The Labute approximate surface area is 139 Å². The highest BCUT2D eigenvalue weighted by molar-refractivity contribution is 5.94. The average Bonchev–Trinajstić information content (AvgIpc) is 2.58. The standard InChI is InChI=1S/C15H12F3N5O2/c1-25-11-3-9(24)2-10-12(11)22-7-23-13(10)19-4-8-5-20-14(21-6-8)15(16,17)18/h2-3,5-7,24H,4H2,1H3,(H,19,22,23). The van der Waals surface area contributed by atoms with Crippen molar-refractivity contribution in [3.63, 3.8) is 0 Å². The van der Waals surface area contributed by atoms with E-state index in [9.17, 15) is 18.3 Å². The van der Waals surface area contributed by atoms with Gasteiger partial charge in [0.2, 0.25) is 5.82 Å². The predicted molar refractivity (Wildman–Crippen MR) is 82.1 cm³/mol. The molecule has 0 unspecified atom stereocenters. The fraction of sp³-hybridized carbons (Fsp3) is 0.200. The zero-order valence-electron chi connectivity index (χ0n) is 12.9. The molecule has 2 heterocycles. The van der Waals surface area contributed by atoms with Gasteiger partial charge in [0, 0.05) is 30.6 Å². The minimum absolute atomic E-state index is 0.0277. The third-order valence-corrected chi connectivity index (χ3v) is 3.33. The highest BCUT2D eigenvalue weighted by atomic mass is 19.4. The lowest BCUT2D eigenvalue weighted by atomic mass is 10.2. The van der Waals surface area contributed by atoms with Crippen molar-refractivity contribution < 1.29 is 23.0 Å². The van der Waals surface area contributed by atoms with Gasteiger partial charge < -0.3 is 15.2 Å². The van der Waals surface area contributed by atoms with Gasteiger partial charge in [0.15, 0.2) is 0 Å². The zero-order valence-corrected chi connectivity index (χ0v) is 12.9. The monoisotopic (exact) mass is 351 g/mol. The van der Waals surface area contributed by atoms with Crippen LogP contribution in [0.1, 0.15) is 11.4 Å². The second kappa shape index (κ2) is 6.38. The van der Waals surface area contributed by atoms with Crippen molar-refractivity contribution in [2.75, 3.05) is 12.4 Å². The van der Waals surface area contributed by atoms with Crippen molar-refractivity contribution in [3.8, 4) is 11.5 Å². The van der Waals surface area contributed by atoms with Gasteiger partial charge in [0.25, 0.3) is 0 Å². The van der Waals surface area contributed by atoms with Crippen molar-refractivity contribution in [2.24, 2.45) is 0 Å². The lowest BCUT2D eigenvalue weighted by Gasteiger charge is -2.11. The number of aromatic hydroxyl groups is 1. The van der Waals surface area contributed by atoms with Crippen LogP contribution in [0.4, 0.5) is 19.0 Å². The van der Waals surface area contributed by atoms with Crippen LogP contribution in [0.2, 0.25) is 0 Å². The Hall–Kier alpha value is -3.17. The van der Waals surface area contributed by atoms with Gasteiger partial charge >= 0.3 is 6.18 Å². The SMILES string of the molecule is COc1cc(O)cc2c(NCc3cnc(C(F)(F)F)nc3)ncnc12. The minimum atomic E-state index is -4.58. The van der Waals surface area contributed by atoms with E-state index in [1.807, 2.05) is 0 Å². The van der Waals surface area contributed by atoms with Crippen LogP contribution in [0.25, 0.3) is 10.9 Å². The molecular weight excluding hydrogens is 339 g/mol. The van der Waals surface area contributed by atoms with E-state index in [0.717, 1.165) is 12.4 Å². The topological polar surface area (TPSA) is 93.1 Å². The number of hydrogen-bond acceptors (Lipinski definition) is 7. The number of methoxy groups -OCH3 is 1. The van der Waals surface area contributed by atoms with Gasteiger partial charge in [0.1, 0.15) is 29.2 Å². The van der Waals surface area contributed by atoms with E-state index in [4.69, 9.17) is 4.74 Å². The van der Waals surface area contributed by atoms with Crippen LogP contribution in [0.5, 0.6) is 11.5 Å². The predicted octanol–water partition coefficient (Wildman–Crippen LogP) is 2.76. The number of anilines is 1. The number of fused-ring (bicyclic) bond motifs is 1. The first-order valence-electron chi connectivity index (χ1n) is 7.02. The molecule has 7 nitrogen and oxygen atoms in total. The molecule has 0 aliphatic heterocycles. The van der Waals surface area contributed by atoms with Crippen LogP contribution >= 0.6 is 0 Å². The Balaban J connectivity index is 1.85. The molecule has 0 spiro atoms. The molecule has 0 amide bonds. The number of benzene rings is 1. The van der Waals surface area contributed by atoms with E-state index >= 15 is 0 Å². The fourth-order valence-corrected chi connectivity index (χ4v) is 2.20. The third-order valence-electron chi connectivity index (χ3n) is 3.33. The normalized spacial score (nSPS) is 11.5. The van der Waals surface area contributed by atoms with E-state index < -0.39 is 12.0 Å². The average molecular weight is 351 g/mol. The van der Waals surface area contributed by atoms with Crippen LogP contribution in [-0.2, 0) is 12.7 Å². The smallest absolute Gasteiger partial charge is 0.451 e. The Bertz CT molecular complexity index is 900. The summed E-state index contributed by atoms with van der Waals surface area (Å²) in [5.41, 5.74) is 0.924. The van der Waals surface area contributed by atoms with Gasteiger partial charge in [-0.2, -0.15) is 13.2 Å². The van der Waals surface area contributed by atoms with Crippen LogP contribution in [0, 0.1) is 0 Å². The molecule has 0 saturated carbocycles. The summed E-state index contributed by atoms with van der Waals surface area (Å²) in [5, 5.41) is 13.2. The number of alkyl halides is 3. The van der Waals surface area contributed by atoms with Gasteiger partial charge in [-0.15, -0.1) is 0 Å². The minimum Gasteiger partial charge on any atom is -0.508 e. The number of halogens is 3. The van der Waals surface area contributed by atoms with Crippen molar-refractivity contribution in [3.05, 3.63) is 42.2 Å². The number of rotatable bonds is 4. The van der Waals surface area contributed by atoms with Crippen molar-refractivity contribution >= 4 is 16.7 Å². The molecule has 3 rings (SSSR count). The summed E-state index contributed by atoms with van der Waals surface area (Å²) < 4.78 is 42.5. The van der Waals surface area contributed by atoms with E-state index in [1.165, 1.54) is 25.6 Å². The number of nitrogens with one attached hydrogen (secondary N) is 1. The Morgan fingerprint density at radius 3 is 2.48 bits per heavy atom. The molecule has 2 aromatic heterocycles. The molecule has 3 aromatic rings. The summed E-state index contributed by atoms with van der Waals surface area (Å²) in [7, 11) is 1.45. The van der Waals surface area contributed by atoms with Gasteiger partial charge in [-0.1, -0.05) is 0 Å². The molecule has 0 fully saturated rings. The molecular formula is C15H12F3N5O2. The maximum absolute atomic E-state index is 12.5. The van der Waals surface area contributed by atoms with Crippen LogP contribution < -0.4 is 10.1 Å². The number of nitrogens with zero attached hydrogens (tertiary/aromatic N) is 4. The molecule has 1 aromatic carbocycles. The van der Waals surface area contributed by atoms with Gasteiger partial charge in [-0.05, 0) is 6.07 Å². The summed E-state index contributed by atoms with van der Waals surface area (Å²) >= 11 is 0. The lowest BCUT2D eigenvalue weighted by Crippen LogP contribution is -2.12. The quantitative estimate of drug-likeness (QED) is 0.746. The number of phenols is 1. The summed E-state index contributed by atoms with van der Waals surface area (Å²) in [5.74, 6) is -0.462. The highest BCUT2D eigenvalue weighted by Crippen LogP contribution is 2.32. The molecule has 2 N–H and O–H groups in total. The molecule has 0 radical (unpaired) electrons. The van der Waals surface area contributed by atoms with Crippen LogP contribution in [0.3, 0.4) is 0 Å². The van der Waals surface area contributed by atoms with E-state index in [2.05, 4.69) is 25.3 Å². The summed E-state index contributed by atoms with van der Waals surface area (Å²) in [6.45, 7) is 0.141. The second-order valence-electron chi connectivity index (χ2n) is 5.03. The van der Waals surface area contributed by atoms with E-state index in [0.29, 0.717) is 28.0 Å². The number of ether oxygens (including phenoxy) is 1. The molecule has 0 saturated heterocycles. The summed E-state index contributed by atoms with van der Waals surface area (Å²) in [6.07, 6.45) is -1.09. The van der Waals surface area contributed by atoms with Gasteiger partial charge in [-0.25, -0.2) is 19.9 Å². The van der Waals surface area contributed by atoms with Crippen molar-refractivity contribution in [2.45, 2.75) is 12.7 Å². The van der Waals surface area contributed by atoms with Gasteiger partial charge in [-0.3, -0.25) is 0 Å². The summed E-state index contributed by atoms with van der Waals surface area (Å²) in [6, 6.07) is 2.88. The lowest BCUT2D eigenvalue weighted by molar-refractivity contribution is -0.145. The Kier molecular flexibility index (Phi) is 4.26. The molecule has 130 valence electrons. The van der Waals surface area contributed by atoms with Crippen molar-refractivity contribution in [1.29, 1.82) is 0 Å². The largest absolute Gasteiger partial charge is 0.508 e. The summed E-state index contributed by atoms with van der Waals surface area (Å²) in [4.78, 5) is 14.8. The first-order valence-corrected chi connectivity index (χ1v) is 7.02. The van der Waals surface area contributed by atoms with E-state index in [1.54, 1.807) is 0 Å². The van der Waals surface area contributed by atoms with Crippen molar-refractivity contribution in [1.82, 2.24) is 19.9 Å². The van der Waals surface area contributed by atoms with Gasteiger partial charge in [0.05, 0.1) is 12.5 Å². The number of hydrogen-bond donors (Lipinski definition) is 2. The molecule has 10 heteroatoms. The van der Waals surface area contributed by atoms with Crippen LogP contribution in [0.15, 0.2) is 30.9 Å². The highest BCUT2D eigenvalue weighted by Gasteiger charge is 2.34. The second-order valence-corrected chi connectivity index (χ2v) is 5.03.